The summed E-state index contributed by atoms with van der Waals surface area (Å²) in [6.07, 6.45) is 0.443. The molecule has 21 heavy (non-hydrogen) atoms. The lowest BCUT2D eigenvalue weighted by atomic mass is 10.1. The van der Waals surface area contributed by atoms with Gasteiger partial charge in [0, 0.05) is 24.2 Å². The highest BCUT2D eigenvalue weighted by Crippen LogP contribution is 2.16. The zero-order valence-corrected chi connectivity index (χ0v) is 12.3. The first-order valence-electron chi connectivity index (χ1n) is 6.78. The lowest BCUT2D eigenvalue weighted by Gasteiger charge is -2.07. The Bertz CT molecular complexity index is 576. The summed E-state index contributed by atoms with van der Waals surface area (Å²) in [6, 6.07) is 14.8. The number of ketones is 1. The number of rotatable bonds is 7. The summed E-state index contributed by atoms with van der Waals surface area (Å²) in [5, 5.41) is 3.22. The molecule has 0 aliphatic rings. The minimum absolute atomic E-state index is 0.110. The molecule has 0 aromatic heterocycles. The molecule has 0 saturated carbocycles. The fraction of sp³-hybridized carbons (Fsp3) is 0.235. The van der Waals surface area contributed by atoms with Crippen molar-refractivity contribution < 1.29 is 14.3 Å². The predicted octanol–water partition coefficient (Wildman–Crippen LogP) is 3.39. The molecular weight excluding hydrogens is 266 g/mol. The highest BCUT2D eigenvalue weighted by Gasteiger charge is 2.05. The number of Topliss-reactive ketones (excluding diaryl/α,β-unsaturated/α-hetero) is 1. The Morgan fingerprint density at radius 1 is 0.905 bits per heavy atom. The first kappa shape index (κ1) is 14.9. The third-order valence-corrected chi connectivity index (χ3v) is 3.18. The van der Waals surface area contributed by atoms with Crippen molar-refractivity contribution in [1.29, 1.82) is 0 Å². The molecule has 0 radical (unpaired) electrons. The Balaban J connectivity index is 1.82. The summed E-state index contributed by atoms with van der Waals surface area (Å²) < 4.78 is 10.2. The van der Waals surface area contributed by atoms with E-state index in [1.165, 1.54) is 0 Å². The van der Waals surface area contributed by atoms with Crippen molar-refractivity contribution in [1.82, 2.24) is 0 Å². The van der Waals surface area contributed by atoms with Crippen LogP contribution in [0.15, 0.2) is 48.5 Å². The Morgan fingerprint density at radius 2 is 1.43 bits per heavy atom. The van der Waals surface area contributed by atoms with Crippen molar-refractivity contribution in [3.8, 4) is 11.5 Å². The number of methoxy groups -OCH3 is 2. The van der Waals surface area contributed by atoms with Crippen LogP contribution in [0.2, 0.25) is 0 Å². The molecule has 1 N–H and O–H groups in total. The highest BCUT2D eigenvalue weighted by molar-refractivity contribution is 5.96. The second-order valence-corrected chi connectivity index (χ2v) is 4.56. The van der Waals surface area contributed by atoms with E-state index in [0.717, 1.165) is 17.2 Å². The van der Waals surface area contributed by atoms with Gasteiger partial charge in [-0.3, -0.25) is 4.79 Å². The fourth-order valence-electron chi connectivity index (χ4n) is 1.95. The van der Waals surface area contributed by atoms with E-state index in [4.69, 9.17) is 9.47 Å². The number of carbonyl (C=O) groups is 1. The van der Waals surface area contributed by atoms with Crippen molar-refractivity contribution >= 4 is 11.5 Å². The molecule has 0 spiro atoms. The van der Waals surface area contributed by atoms with Crippen molar-refractivity contribution in [2.45, 2.75) is 6.42 Å². The molecule has 2 aromatic carbocycles. The van der Waals surface area contributed by atoms with E-state index in [0.29, 0.717) is 18.5 Å². The first-order chi connectivity index (χ1) is 10.2. The van der Waals surface area contributed by atoms with Crippen LogP contribution in [0.25, 0.3) is 0 Å². The molecule has 0 aliphatic carbocycles. The van der Waals surface area contributed by atoms with E-state index in [9.17, 15) is 4.79 Å². The molecule has 0 heterocycles. The van der Waals surface area contributed by atoms with Gasteiger partial charge >= 0.3 is 0 Å². The first-order valence-corrected chi connectivity index (χ1v) is 6.78. The summed E-state index contributed by atoms with van der Waals surface area (Å²) >= 11 is 0. The summed E-state index contributed by atoms with van der Waals surface area (Å²) in [5.74, 6) is 1.68. The van der Waals surface area contributed by atoms with Gasteiger partial charge in [-0.2, -0.15) is 0 Å². The lowest BCUT2D eigenvalue weighted by Crippen LogP contribution is -2.08. The summed E-state index contributed by atoms with van der Waals surface area (Å²) in [5.41, 5.74) is 1.67. The molecule has 2 rings (SSSR count). The fourth-order valence-corrected chi connectivity index (χ4v) is 1.95. The van der Waals surface area contributed by atoms with Crippen molar-refractivity contribution in [3.63, 3.8) is 0 Å². The van der Waals surface area contributed by atoms with Gasteiger partial charge in [0.05, 0.1) is 14.2 Å². The average Bonchev–Trinajstić information content (AvgIpc) is 2.55. The zero-order chi connectivity index (χ0) is 15.1. The van der Waals surface area contributed by atoms with Crippen LogP contribution in [-0.4, -0.2) is 26.5 Å². The Labute approximate surface area is 124 Å². The summed E-state index contributed by atoms with van der Waals surface area (Å²) in [7, 11) is 3.24. The van der Waals surface area contributed by atoms with Gasteiger partial charge in [-0.05, 0) is 48.5 Å². The molecule has 0 unspecified atom stereocenters. The number of hydrogen-bond donors (Lipinski definition) is 1. The number of nitrogens with one attached hydrogen (secondary N) is 1. The maximum Gasteiger partial charge on any atom is 0.164 e. The maximum atomic E-state index is 12.0. The largest absolute Gasteiger partial charge is 0.497 e. The highest BCUT2D eigenvalue weighted by atomic mass is 16.5. The molecule has 0 amide bonds. The van der Waals surface area contributed by atoms with Gasteiger partial charge in [0.1, 0.15) is 11.5 Å². The minimum atomic E-state index is 0.110. The summed E-state index contributed by atoms with van der Waals surface area (Å²) in [6.45, 7) is 0.594. The number of anilines is 1. The minimum Gasteiger partial charge on any atom is -0.497 e. The van der Waals surface area contributed by atoms with Gasteiger partial charge in [-0.15, -0.1) is 0 Å². The van der Waals surface area contributed by atoms with E-state index in [-0.39, 0.29) is 5.78 Å². The molecule has 0 aliphatic heterocycles. The van der Waals surface area contributed by atoms with Gasteiger partial charge in [0.2, 0.25) is 0 Å². The standard InChI is InChI=1S/C17H19NO3/c1-20-15-7-3-13(4-8-15)17(19)11-12-18-14-5-9-16(21-2)10-6-14/h3-10,18H,11-12H2,1-2H3. The van der Waals surface area contributed by atoms with Gasteiger partial charge < -0.3 is 14.8 Å². The Kier molecular flexibility index (Phi) is 5.21. The van der Waals surface area contributed by atoms with Gasteiger partial charge in [-0.1, -0.05) is 0 Å². The Hall–Kier alpha value is -2.49. The second kappa shape index (κ2) is 7.33. The van der Waals surface area contributed by atoms with E-state index in [1.54, 1.807) is 38.5 Å². The predicted molar refractivity (Wildman–Crippen MR) is 83.4 cm³/mol. The van der Waals surface area contributed by atoms with E-state index in [2.05, 4.69) is 5.32 Å². The monoisotopic (exact) mass is 285 g/mol. The zero-order valence-electron chi connectivity index (χ0n) is 12.3. The molecule has 4 heteroatoms. The average molecular weight is 285 g/mol. The van der Waals surface area contributed by atoms with E-state index < -0.39 is 0 Å². The van der Waals surface area contributed by atoms with Gasteiger partial charge in [0.25, 0.3) is 0 Å². The molecule has 0 saturated heterocycles. The quantitative estimate of drug-likeness (QED) is 0.792. The van der Waals surface area contributed by atoms with Crippen molar-refractivity contribution in [3.05, 3.63) is 54.1 Å². The Morgan fingerprint density at radius 3 is 1.95 bits per heavy atom. The number of benzene rings is 2. The molecule has 110 valence electrons. The molecule has 4 nitrogen and oxygen atoms in total. The molecule has 0 atom stereocenters. The number of carbonyl (C=O) groups excluding carboxylic acids is 1. The molecule has 0 bridgehead atoms. The van der Waals surface area contributed by atoms with Crippen LogP contribution < -0.4 is 14.8 Å². The second-order valence-electron chi connectivity index (χ2n) is 4.56. The third-order valence-electron chi connectivity index (χ3n) is 3.18. The van der Waals surface area contributed by atoms with Crippen molar-refractivity contribution in [2.75, 3.05) is 26.1 Å². The van der Waals surface area contributed by atoms with Crippen LogP contribution in [0.3, 0.4) is 0 Å². The normalized spacial score (nSPS) is 10.0. The van der Waals surface area contributed by atoms with Gasteiger partial charge in [-0.25, -0.2) is 0 Å². The number of ether oxygens (including phenoxy) is 2. The van der Waals surface area contributed by atoms with E-state index >= 15 is 0 Å². The maximum absolute atomic E-state index is 12.0. The lowest BCUT2D eigenvalue weighted by molar-refractivity contribution is 0.0986. The molecule has 0 fully saturated rings. The van der Waals surface area contributed by atoms with Crippen LogP contribution in [0, 0.1) is 0 Å². The molecule has 2 aromatic rings. The third kappa shape index (κ3) is 4.24. The van der Waals surface area contributed by atoms with Crippen LogP contribution in [-0.2, 0) is 0 Å². The van der Waals surface area contributed by atoms with Crippen LogP contribution in [0.5, 0.6) is 11.5 Å². The SMILES string of the molecule is COc1ccc(NCCC(=O)c2ccc(OC)cc2)cc1. The summed E-state index contributed by atoms with van der Waals surface area (Å²) in [4.78, 5) is 12.0. The smallest absolute Gasteiger partial charge is 0.164 e. The van der Waals surface area contributed by atoms with E-state index in [1.807, 2.05) is 24.3 Å². The van der Waals surface area contributed by atoms with Crippen LogP contribution in [0.1, 0.15) is 16.8 Å². The van der Waals surface area contributed by atoms with Crippen molar-refractivity contribution in [2.24, 2.45) is 0 Å². The molecular formula is C17H19NO3. The van der Waals surface area contributed by atoms with Crippen LogP contribution >= 0.6 is 0 Å². The topological polar surface area (TPSA) is 47.6 Å². The van der Waals surface area contributed by atoms with Gasteiger partial charge in [0.15, 0.2) is 5.78 Å². The van der Waals surface area contributed by atoms with Crippen LogP contribution in [0.4, 0.5) is 5.69 Å². The number of hydrogen-bond acceptors (Lipinski definition) is 4.